The van der Waals surface area contributed by atoms with Gasteiger partial charge in [-0.2, -0.15) is 0 Å². The minimum Gasteiger partial charge on any atom is -0.484 e. The summed E-state index contributed by atoms with van der Waals surface area (Å²) in [5, 5.41) is 0. The number of hydrogen-bond acceptors (Lipinski definition) is 4. The van der Waals surface area contributed by atoms with E-state index in [1.54, 1.807) is 12.1 Å². The molecular formula is C18H27BrO4. The van der Waals surface area contributed by atoms with Gasteiger partial charge in [-0.1, -0.05) is 38.8 Å². The van der Waals surface area contributed by atoms with Gasteiger partial charge in [0.15, 0.2) is 6.29 Å². The Balaban J connectivity index is 2.61. The van der Waals surface area contributed by atoms with Crippen molar-refractivity contribution in [3.63, 3.8) is 0 Å². The summed E-state index contributed by atoms with van der Waals surface area (Å²) in [5.74, 6) is 0.637. The Morgan fingerprint density at radius 3 is 2.22 bits per heavy atom. The molecular weight excluding hydrogens is 360 g/mol. The number of hydrogen-bond donors (Lipinski definition) is 0. The monoisotopic (exact) mass is 386 g/mol. The topological polar surface area (TPSA) is 44.8 Å². The molecule has 1 aromatic rings. The Hall–Kier alpha value is -0.910. The van der Waals surface area contributed by atoms with Crippen molar-refractivity contribution in [3.8, 4) is 5.75 Å². The first-order chi connectivity index (χ1) is 11.2. The maximum atomic E-state index is 11.0. The van der Waals surface area contributed by atoms with Gasteiger partial charge in [0.1, 0.15) is 11.9 Å². The van der Waals surface area contributed by atoms with Gasteiger partial charge in [0, 0.05) is 18.8 Å². The fourth-order valence-electron chi connectivity index (χ4n) is 1.93. The van der Waals surface area contributed by atoms with Crippen molar-refractivity contribution in [2.24, 2.45) is 0 Å². The number of carbonyl (C=O) groups excluding carboxylic acids is 1. The molecule has 0 aliphatic rings. The molecule has 23 heavy (non-hydrogen) atoms. The van der Waals surface area contributed by atoms with E-state index in [4.69, 9.17) is 14.2 Å². The lowest BCUT2D eigenvalue weighted by Gasteiger charge is -2.20. The molecule has 0 fully saturated rings. The number of unbranched alkanes of at least 4 members (excludes halogenated alkanes) is 2. The molecule has 130 valence electrons. The highest BCUT2D eigenvalue weighted by Crippen LogP contribution is 2.28. The van der Waals surface area contributed by atoms with Crippen LogP contribution in [0.4, 0.5) is 0 Å². The highest BCUT2D eigenvalue weighted by molar-refractivity contribution is 9.10. The van der Waals surface area contributed by atoms with E-state index in [0.29, 0.717) is 29.0 Å². The van der Waals surface area contributed by atoms with Gasteiger partial charge in [-0.25, -0.2) is 0 Å². The Morgan fingerprint density at radius 1 is 1.09 bits per heavy atom. The van der Waals surface area contributed by atoms with Crippen LogP contribution in [-0.2, 0) is 9.47 Å². The first kappa shape index (κ1) is 20.1. The second-order valence-corrected chi connectivity index (χ2v) is 6.17. The van der Waals surface area contributed by atoms with Crippen LogP contribution in [0.15, 0.2) is 22.7 Å². The summed E-state index contributed by atoms with van der Waals surface area (Å²) in [7, 11) is 0. The average molecular weight is 387 g/mol. The summed E-state index contributed by atoms with van der Waals surface area (Å²) in [5.41, 5.74) is 0.569. The predicted octanol–water partition coefficient (Wildman–Crippen LogP) is 4.64. The maximum absolute atomic E-state index is 11.0. The number of benzene rings is 1. The van der Waals surface area contributed by atoms with Gasteiger partial charge in [0.05, 0.1) is 17.7 Å². The summed E-state index contributed by atoms with van der Waals surface area (Å²) >= 11 is 3.42. The van der Waals surface area contributed by atoms with E-state index in [1.165, 1.54) is 0 Å². The van der Waals surface area contributed by atoms with Gasteiger partial charge in [0.25, 0.3) is 0 Å². The standard InChI is InChI=1S/C18H27BrO4/c1-3-5-10-21-13-16(14-22-11-6-4-2)23-17-9-7-8-15(12-20)18(17)19/h7-9,12,16H,3-6,10-11,13-14H2,1-2H3. The highest BCUT2D eigenvalue weighted by atomic mass is 79.9. The Bertz CT molecular complexity index is 439. The van der Waals surface area contributed by atoms with Crippen molar-refractivity contribution in [3.05, 3.63) is 28.2 Å². The minimum atomic E-state index is -0.193. The van der Waals surface area contributed by atoms with Gasteiger partial charge in [-0.05, 0) is 34.8 Å². The fourth-order valence-corrected chi connectivity index (χ4v) is 2.38. The van der Waals surface area contributed by atoms with Crippen LogP contribution < -0.4 is 4.74 Å². The van der Waals surface area contributed by atoms with E-state index in [9.17, 15) is 4.79 Å². The minimum absolute atomic E-state index is 0.193. The third-order valence-corrected chi connectivity index (χ3v) is 4.15. The maximum Gasteiger partial charge on any atom is 0.151 e. The molecule has 0 unspecified atom stereocenters. The average Bonchev–Trinajstić information content (AvgIpc) is 2.57. The van der Waals surface area contributed by atoms with Crippen molar-refractivity contribution in [2.75, 3.05) is 26.4 Å². The van der Waals surface area contributed by atoms with Gasteiger partial charge in [-0.3, -0.25) is 4.79 Å². The zero-order valence-electron chi connectivity index (χ0n) is 14.1. The van der Waals surface area contributed by atoms with E-state index < -0.39 is 0 Å². The first-order valence-electron chi connectivity index (χ1n) is 8.28. The molecule has 1 aromatic carbocycles. The Labute approximate surface area is 147 Å². The lowest BCUT2D eigenvalue weighted by molar-refractivity contribution is -0.00767. The largest absolute Gasteiger partial charge is 0.484 e. The molecule has 0 saturated carbocycles. The predicted molar refractivity (Wildman–Crippen MR) is 95.4 cm³/mol. The van der Waals surface area contributed by atoms with Crippen LogP contribution in [-0.4, -0.2) is 38.8 Å². The molecule has 0 aromatic heterocycles. The first-order valence-corrected chi connectivity index (χ1v) is 9.08. The number of halogens is 1. The third kappa shape index (κ3) is 7.95. The third-order valence-electron chi connectivity index (χ3n) is 3.31. The molecule has 0 spiro atoms. The van der Waals surface area contributed by atoms with Crippen LogP contribution in [0.1, 0.15) is 49.9 Å². The van der Waals surface area contributed by atoms with Gasteiger partial charge in [0.2, 0.25) is 0 Å². The zero-order valence-corrected chi connectivity index (χ0v) is 15.6. The summed E-state index contributed by atoms with van der Waals surface area (Å²) in [6.45, 7) is 6.66. The molecule has 0 aliphatic carbocycles. The van der Waals surface area contributed by atoms with Crippen molar-refractivity contribution >= 4 is 22.2 Å². The van der Waals surface area contributed by atoms with E-state index in [2.05, 4.69) is 29.8 Å². The summed E-state index contributed by atoms with van der Waals surface area (Å²) in [6.07, 6.45) is 4.89. The van der Waals surface area contributed by atoms with Crippen molar-refractivity contribution in [1.29, 1.82) is 0 Å². The molecule has 0 N–H and O–H groups in total. The molecule has 0 radical (unpaired) electrons. The lowest BCUT2D eigenvalue weighted by atomic mass is 10.2. The quantitative estimate of drug-likeness (QED) is 0.365. The van der Waals surface area contributed by atoms with Crippen molar-refractivity contribution in [1.82, 2.24) is 0 Å². The summed E-state index contributed by atoms with van der Waals surface area (Å²) < 4.78 is 18.0. The summed E-state index contributed by atoms with van der Waals surface area (Å²) in [4.78, 5) is 11.0. The second kappa shape index (κ2) is 12.5. The Kier molecular flexibility index (Phi) is 10.9. The number of ether oxygens (including phenoxy) is 3. The molecule has 0 saturated heterocycles. The number of aldehydes is 1. The number of rotatable bonds is 13. The van der Waals surface area contributed by atoms with Crippen LogP contribution in [0.3, 0.4) is 0 Å². The van der Waals surface area contributed by atoms with Crippen LogP contribution in [0, 0.1) is 0 Å². The molecule has 0 aliphatic heterocycles. The van der Waals surface area contributed by atoms with Gasteiger partial charge < -0.3 is 14.2 Å². The van der Waals surface area contributed by atoms with Crippen LogP contribution in [0.5, 0.6) is 5.75 Å². The van der Waals surface area contributed by atoms with E-state index in [0.717, 1.165) is 45.2 Å². The fraction of sp³-hybridized carbons (Fsp3) is 0.611. The lowest BCUT2D eigenvalue weighted by Crippen LogP contribution is -2.29. The van der Waals surface area contributed by atoms with Crippen LogP contribution in [0.2, 0.25) is 0 Å². The van der Waals surface area contributed by atoms with Crippen molar-refractivity contribution in [2.45, 2.75) is 45.6 Å². The van der Waals surface area contributed by atoms with Crippen LogP contribution >= 0.6 is 15.9 Å². The SMILES string of the molecule is CCCCOCC(COCCCC)Oc1cccc(C=O)c1Br. The van der Waals surface area contributed by atoms with Crippen molar-refractivity contribution < 1.29 is 19.0 Å². The summed E-state index contributed by atoms with van der Waals surface area (Å²) in [6, 6.07) is 5.38. The molecule has 5 heteroatoms. The second-order valence-electron chi connectivity index (χ2n) is 5.37. The Morgan fingerprint density at radius 2 is 1.70 bits per heavy atom. The highest BCUT2D eigenvalue weighted by Gasteiger charge is 2.15. The molecule has 0 bridgehead atoms. The smallest absolute Gasteiger partial charge is 0.151 e. The zero-order chi connectivity index (χ0) is 16.9. The van der Waals surface area contributed by atoms with Gasteiger partial charge in [-0.15, -0.1) is 0 Å². The normalized spacial score (nSPS) is 11.0. The van der Waals surface area contributed by atoms with E-state index in [1.807, 2.05) is 6.07 Å². The van der Waals surface area contributed by atoms with Gasteiger partial charge >= 0.3 is 0 Å². The molecule has 0 atom stereocenters. The van der Waals surface area contributed by atoms with E-state index in [-0.39, 0.29) is 6.10 Å². The molecule has 0 heterocycles. The van der Waals surface area contributed by atoms with E-state index >= 15 is 0 Å². The molecule has 4 nitrogen and oxygen atoms in total. The molecule has 1 rings (SSSR count). The number of carbonyl (C=O) groups is 1. The molecule has 0 amide bonds. The van der Waals surface area contributed by atoms with Crippen LogP contribution in [0.25, 0.3) is 0 Å².